The van der Waals surface area contributed by atoms with Crippen LogP contribution in [0.1, 0.15) is 23.7 Å². The van der Waals surface area contributed by atoms with Crippen LogP contribution in [0.25, 0.3) is 0 Å². The fourth-order valence-electron chi connectivity index (χ4n) is 1.70. The molecule has 1 unspecified atom stereocenters. The zero-order chi connectivity index (χ0) is 9.26. The Kier molecular flexibility index (Phi) is 2.03. The highest BCUT2D eigenvalue weighted by atomic mass is 15.3. The van der Waals surface area contributed by atoms with Crippen molar-refractivity contribution in [1.29, 1.82) is 5.26 Å². The molecule has 0 bridgehead atoms. The lowest BCUT2D eigenvalue weighted by molar-refractivity contribution is 0.677. The molecule has 1 saturated heterocycles. The first kappa shape index (κ1) is 8.27. The third kappa shape index (κ3) is 1.43. The molecule has 13 heavy (non-hydrogen) atoms. The van der Waals surface area contributed by atoms with E-state index in [-0.39, 0.29) is 0 Å². The first-order valence-electron chi connectivity index (χ1n) is 4.46. The summed E-state index contributed by atoms with van der Waals surface area (Å²) in [7, 11) is 1.81. The van der Waals surface area contributed by atoms with Gasteiger partial charge in [0.05, 0.1) is 5.69 Å². The van der Waals surface area contributed by atoms with Gasteiger partial charge in [0.25, 0.3) is 0 Å². The molecule has 1 aliphatic rings. The Balaban J connectivity index is 2.26. The molecular weight excluding hydrogens is 164 g/mol. The summed E-state index contributed by atoms with van der Waals surface area (Å²) in [5.74, 6) is 0.494. The number of nitriles is 1. The zero-order valence-electron chi connectivity index (χ0n) is 7.62. The van der Waals surface area contributed by atoms with Gasteiger partial charge in [-0.2, -0.15) is 10.4 Å². The maximum Gasteiger partial charge on any atom is 0.138 e. The number of hydrogen-bond acceptors (Lipinski definition) is 3. The second kappa shape index (κ2) is 3.19. The van der Waals surface area contributed by atoms with Gasteiger partial charge in [-0.05, 0) is 19.0 Å². The largest absolute Gasteiger partial charge is 0.316 e. The van der Waals surface area contributed by atoms with Crippen LogP contribution in [0, 0.1) is 11.3 Å². The molecule has 4 nitrogen and oxygen atoms in total. The summed E-state index contributed by atoms with van der Waals surface area (Å²) in [4.78, 5) is 0. The van der Waals surface area contributed by atoms with Crippen LogP contribution in [0.15, 0.2) is 6.07 Å². The molecule has 0 spiro atoms. The Bertz CT molecular complexity index is 341. The van der Waals surface area contributed by atoms with Crippen molar-refractivity contribution in [2.75, 3.05) is 13.1 Å². The molecule has 0 aromatic carbocycles. The minimum atomic E-state index is 0.494. The molecular formula is C9H12N4. The van der Waals surface area contributed by atoms with E-state index in [9.17, 15) is 0 Å². The Morgan fingerprint density at radius 1 is 1.77 bits per heavy atom. The zero-order valence-corrected chi connectivity index (χ0v) is 7.62. The molecule has 1 N–H and O–H groups in total. The predicted octanol–water partition coefficient (Wildman–Crippen LogP) is 0.369. The van der Waals surface area contributed by atoms with Gasteiger partial charge in [-0.15, -0.1) is 0 Å². The molecule has 1 fully saturated rings. The lowest BCUT2D eigenvalue weighted by Crippen LogP contribution is -2.08. The maximum absolute atomic E-state index is 8.75. The number of aryl methyl sites for hydroxylation is 1. The molecule has 2 heterocycles. The van der Waals surface area contributed by atoms with E-state index in [4.69, 9.17) is 5.26 Å². The van der Waals surface area contributed by atoms with Crippen LogP contribution in [0.3, 0.4) is 0 Å². The summed E-state index contributed by atoms with van der Waals surface area (Å²) < 4.78 is 1.65. The fourth-order valence-corrected chi connectivity index (χ4v) is 1.70. The summed E-state index contributed by atoms with van der Waals surface area (Å²) in [5.41, 5.74) is 1.69. The molecule has 0 aliphatic carbocycles. The average molecular weight is 176 g/mol. The van der Waals surface area contributed by atoms with Crippen molar-refractivity contribution in [3.05, 3.63) is 17.5 Å². The lowest BCUT2D eigenvalue weighted by atomic mass is 10.1. The Labute approximate surface area is 77.2 Å². The van der Waals surface area contributed by atoms with Gasteiger partial charge >= 0.3 is 0 Å². The first-order valence-corrected chi connectivity index (χ1v) is 4.46. The summed E-state index contributed by atoms with van der Waals surface area (Å²) in [5, 5.41) is 16.4. The van der Waals surface area contributed by atoms with Crippen molar-refractivity contribution in [3.8, 4) is 6.07 Å². The van der Waals surface area contributed by atoms with Gasteiger partial charge < -0.3 is 5.32 Å². The van der Waals surface area contributed by atoms with Crippen molar-refractivity contribution in [3.63, 3.8) is 0 Å². The van der Waals surface area contributed by atoms with Gasteiger partial charge in [-0.3, -0.25) is 4.68 Å². The molecule has 0 saturated carbocycles. The van der Waals surface area contributed by atoms with Crippen molar-refractivity contribution in [2.45, 2.75) is 12.3 Å². The van der Waals surface area contributed by atoms with E-state index in [1.54, 1.807) is 4.68 Å². The van der Waals surface area contributed by atoms with Gasteiger partial charge in [0.15, 0.2) is 0 Å². The van der Waals surface area contributed by atoms with Crippen LogP contribution < -0.4 is 5.32 Å². The summed E-state index contributed by atoms with van der Waals surface area (Å²) in [6, 6.07) is 4.01. The Morgan fingerprint density at radius 2 is 2.62 bits per heavy atom. The fraction of sp³-hybridized carbons (Fsp3) is 0.556. The van der Waals surface area contributed by atoms with E-state index in [1.807, 2.05) is 13.1 Å². The van der Waals surface area contributed by atoms with Gasteiger partial charge in [-0.1, -0.05) is 0 Å². The highest BCUT2D eigenvalue weighted by molar-refractivity contribution is 5.25. The summed E-state index contributed by atoms with van der Waals surface area (Å²) in [6.07, 6.45) is 1.13. The van der Waals surface area contributed by atoms with Gasteiger partial charge in [0.2, 0.25) is 0 Å². The molecule has 1 aromatic rings. The van der Waals surface area contributed by atoms with Crippen LogP contribution in [-0.2, 0) is 7.05 Å². The number of hydrogen-bond donors (Lipinski definition) is 1. The van der Waals surface area contributed by atoms with E-state index in [2.05, 4.69) is 16.5 Å². The third-order valence-corrected chi connectivity index (χ3v) is 2.49. The second-order valence-electron chi connectivity index (χ2n) is 3.38. The standard InChI is InChI=1S/C9H12N4/c1-13-8(5-10)4-9(12-13)7-2-3-11-6-7/h4,7,11H,2-3,6H2,1H3. The monoisotopic (exact) mass is 176 g/mol. The average Bonchev–Trinajstić information content (AvgIpc) is 2.71. The van der Waals surface area contributed by atoms with E-state index < -0.39 is 0 Å². The maximum atomic E-state index is 8.75. The van der Waals surface area contributed by atoms with E-state index >= 15 is 0 Å². The Morgan fingerprint density at radius 3 is 3.15 bits per heavy atom. The van der Waals surface area contributed by atoms with Gasteiger partial charge in [0.1, 0.15) is 11.8 Å². The van der Waals surface area contributed by atoms with E-state index in [0.29, 0.717) is 11.6 Å². The van der Waals surface area contributed by atoms with Crippen molar-refractivity contribution in [2.24, 2.45) is 7.05 Å². The van der Waals surface area contributed by atoms with Crippen molar-refractivity contribution in [1.82, 2.24) is 15.1 Å². The Hall–Kier alpha value is -1.34. The topological polar surface area (TPSA) is 53.6 Å². The van der Waals surface area contributed by atoms with E-state index in [0.717, 1.165) is 25.2 Å². The lowest BCUT2D eigenvalue weighted by Gasteiger charge is -2.01. The molecule has 0 amide bonds. The van der Waals surface area contributed by atoms with Crippen LogP contribution >= 0.6 is 0 Å². The van der Waals surface area contributed by atoms with E-state index in [1.165, 1.54) is 0 Å². The first-order chi connectivity index (χ1) is 6.31. The smallest absolute Gasteiger partial charge is 0.138 e. The van der Waals surface area contributed by atoms with Crippen LogP contribution in [0.2, 0.25) is 0 Å². The van der Waals surface area contributed by atoms with Gasteiger partial charge in [-0.25, -0.2) is 0 Å². The molecule has 1 aromatic heterocycles. The number of aromatic nitrogens is 2. The SMILES string of the molecule is Cn1nc(C2CCNC2)cc1C#N. The third-order valence-electron chi connectivity index (χ3n) is 2.49. The molecule has 0 radical (unpaired) electrons. The van der Waals surface area contributed by atoms with Gasteiger partial charge in [0, 0.05) is 19.5 Å². The number of nitrogens with zero attached hydrogens (tertiary/aromatic N) is 3. The molecule has 1 aliphatic heterocycles. The summed E-state index contributed by atoms with van der Waals surface area (Å²) >= 11 is 0. The minimum absolute atomic E-state index is 0.494. The van der Waals surface area contributed by atoms with Crippen LogP contribution in [0.4, 0.5) is 0 Å². The number of rotatable bonds is 1. The molecule has 4 heteroatoms. The minimum Gasteiger partial charge on any atom is -0.316 e. The highest BCUT2D eigenvalue weighted by Crippen LogP contribution is 2.21. The molecule has 68 valence electrons. The van der Waals surface area contributed by atoms with Crippen LogP contribution in [-0.4, -0.2) is 22.9 Å². The second-order valence-corrected chi connectivity index (χ2v) is 3.38. The molecule has 1 atom stereocenters. The van der Waals surface area contributed by atoms with Crippen LogP contribution in [0.5, 0.6) is 0 Å². The number of nitrogens with one attached hydrogen (secondary N) is 1. The highest BCUT2D eigenvalue weighted by Gasteiger charge is 2.19. The van der Waals surface area contributed by atoms with Crippen molar-refractivity contribution < 1.29 is 0 Å². The predicted molar refractivity (Wildman–Crippen MR) is 48.2 cm³/mol. The summed E-state index contributed by atoms with van der Waals surface area (Å²) in [6.45, 7) is 2.05. The quantitative estimate of drug-likeness (QED) is 0.672. The normalized spacial score (nSPS) is 21.7. The molecule has 2 rings (SSSR count). The van der Waals surface area contributed by atoms with Crippen molar-refractivity contribution >= 4 is 0 Å².